The summed E-state index contributed by atoms with van der Waals surface area (Å²) in [6.07, 6.45) is 4.17. The first-order valence-electron chi connectivity index (χ1n) is 4.27. The van der Waals surface area contributed by atoms with Crippen molar-refractivity contribution in [1.82, 2.24) is 5.01 Å². The molecule has 1 atom stereocenters. The fraction of sp³-hybridized carbons (Fsp3) is 0.778. The topological polar surface area (TPSA) is 32.7 Å². The standard InChI is InChI=1S/C9H18N2O/c1-8(2)6-5-7-9(3)11(4)10-12/h6,9H,5,7H2,1-4H3. The van der Waals surface area contributed by atoms with E-state index in [1.807, 2.05) is 6.92 Å². The van der Waals surface area contributed by atoms with Gasteiger partial charge in [-0.1, -0.05) is 11.6 Å². The highest BCUT2D eigenvalue weighted by Crippen LogP contribution is 2.06. The van der Waals surface area contributed by atoms with Gasteiger partial charge in [-0.3, -0.25) is 5.01 Å². The molecular formula is C9H18N2O. The Morgan fingerprint density at radius 2 is 2.17 bits per heavy atom. The molecule has 0 saturated heterocycles. The first-order chi connectivity index (χ1) is 5.57. The van der Waals surface area contributed by atoms with Crippen LogP contribution in [-0.2, 0) is 0 Å². The van der Waals surface area contributed by atoms with E-state index in [9.17, 15) is 4.91 Å². The molecule has 0 spiro atoms. The van der Waals surface area contributed by atoms with Crippen LogP contribution in [0.25, 0.3) is 0 Å². The van der Waals surface area contributed by atoms with Gasteiger partial charge in [0.25, 0.3) is 0 Å². The molecule has 0 aromatic rings. The summed E-state index contributed by atoms with van der Waals surface area (Å²) in [5.41, 5.74) is 1.32. The van der Waals surface area contributed by atoms with Crippen molar-refractivity contribution in [3.8, 4) is 0 Å². The lowest BCUT2D eigenvalue weighted by Crippen LogP contribution is -2.22. The Hall–Kier alpha value is -0.860. The predicted octanol–water partition coefficient (Wildman–Crippen LogP) is 2.73. The average molecular weight is 170 g/mol. The summed E-state index contributed by atoms with van der Waals surface area (Å²) in [6.45, 7) is 6.15. The Morgan fingerprint density at radius 1 is 1.58 bits per heavy atom. The Bertz CT molecular complexity index is 162. The van der Waals surface area contributed by atoms with E-state index in [4.69, 9.17) is 0 Å². The molecule has 3 nitrogen and oxygen atoms in total. The van der Waals surface area contributed by atoms with E-state index in [1.165, 1.54) is 10.6 Å². The van der Waals surface area contributed by atoms with Crippen LogP contribution >= 0.6 is 0 Å². The normalized spacial score (nSPS) is 12.0. The molecule has 0 amide bonds. The summed E-state index contributed by atoms with van der Waals surface area (Å²) in [6, 6.07) is 0.234. The van der Waals surface area contributed by atoms with Gasteiger partial charge in [0.2, 0.25) is 0 Å². The van der Waals surface area contributed by atoms with Crippen LogP contribution in [0.5, 0.6) is 0 Å². The molecule has 0 aromatic heterocycles. The first-order valence-corrected chi connectivity index (χ1v) is 4.27. The number of nitroso groups, excluding NO2 is 1. The van der Waals surface area contributed by atoms with E-state index >= 15 is 0 Å². The van der Waals surface area contributed by atoms with Crippen LogP contribution in [0.1, 0.15) is 33.6 Å². The van der Waals surface area contributed by atoms with Crippen molar-refractivity contribution in [3.63, 3.8) is 0 Å². The number of hydrogen-bond donors (Lipinski definition) is 0. The molecule has 3 heteroatoms. The second-order valence-corrected chi connectivity index (χ2v) is 3.36. The fourth-order valence-electron chi connectivity index (χ4n) is 0.881. The van der Waals surface area contributed by atoms with E-state index in [2.05, 4.69) is 25.2 Å². The second-order valence-electron chi connectivity index (χ2n) is 3.36. The van der Waals surface area contributed by atoms with Crippen molar-refractivity contribution in [2.45, 2.75) is 39.7 Å². The molecule has 70 valence electrons. The van der Waals surface area contributed by atoms with Crippen LogP contribution in [0.15, 0.2) is 16.9 Å². The van der Waals surface area contributed by atoms with Crippen molar-refractivity contribution < 1.29 is 0 Å². The van der Waals surface area contributed by atoms with Crippen molar-refractivity contribution in [2.75, 3.05) is 7.05 Å². The van der Waals surface area contributed by atoms with Crippen molar-refractivity contribution in [2.24, 2.45) is 5.29 Å². The van der Waals surface area contributed by atoms with Gasteiger partial charge in [-0.15, -0.1) is 4.91 Å². The zero-order valence-corrected chi connectivity index (χ0v) is 8.37. The predicted molar refractivity (Wildman–Crippen MR) is 51.7 cm³/mol. The van der Waals surface area contributed by atoms with Gasteiger partial charge >= 0.3 is 0 Å². The smallest absolute Gasteiger partial charge is 0.0523 e. The number of nitrogens with zero attached hydrogens (tertiary/aromatic N) is 2. The summed E-state index contributed by atoms with van der Waals surface area (Å²) in [5, 5.41) is 4.31. The maximum Gasteiger partial charge on any atom is 0.0523 e. The largest absolute Gasteiger partial charge is 0.261 e. The molecule has 0 aliphatic heterocycles. The third-order valence-corrected chi connectivity index (χ3v) is 1.90. The molecule has 0 aliphatic carbocycles. The maximum atomic E-state index is 10.1. The quantitative estimate of drug-likeness (QED) is 0.361. The van der Waals surface area contributed by atoms with Gasteiger partial charge < -0.3 is 0 Å². The van der Waals surface area contributed by atoms with Gasteiger partial charge in [0.15, 0.2) is 0 Å². The molecule has 0 bridgehead atoms. The molecule has 1 unspecified atom stereocenters. The molecule has 0 fully saturated rings. The SMILES string of the molecule is CC(C)=CCCC(C)N(C)N=O. The molecule has 0 aliphatic rings. The lowest BCUT2D eigenvalue weighted by atomic mass is 10.1. The van der Waals surface area contributed by atoms with Crippen LogP contribution in [0.2, 0.25) is 0 Å². The summed E-state index contributed by atoms with van der Waals surface area (Å²) in [5.74, 6) is 0. The minimum atomic E-state index is 0.234. The second kappa shape index (κ2) is 5.75. The Labute approximate surface area is 74.4 Å². The van der Waals surface area contributed by atoms with Crippen molar-refractivity contribution >= 4 is 0 Å². The Kier molecular flexibility index (Phi) is 5.34. The van der Waals surface area contributed by atoms with E-state index in [-0.39, 0.29) is 6.04 Å². The lowest BCUT2D eigenvalue weighted by molar-refractivity contribution is 0.255. The maximum absolute atomic E-state index is 10.1. The fourth-order valence-corrected chi connectivity index (χ4v) is 0.881. The zero-order valence-electron chi connectivity index (χ0n) is 8.37. The summed E-state index contributed by atoms with van der Waals surface area (Å²) in [4.78, 5) is 10.1. The van der Waals surface area contributed by atoms with Crippen LogP contribution in [0.3, 0.4) is 0 Å². The molecule has 0 N–H and O–H groups in total. The van der Waals surface area contributed by atoms with E-state index in [0.717, 1.165) is 12.8 Å². The third kappa shape index (κ3) is 4.88. The highest BCUT2D eigenvalue weighted by atomic mass is 16.3. The first kappa shape index (κ1) is 11.1. The summed E-state index contributed by atoms with van der Waals surface area (Å²) >= 11 is 0. The van der Waals surface area contributed by atoms with Gasteiger partial charge in [-0.05, 0) is 33.6 Å². The molecule has 0 aromatic carbocycles. The van der Waals surface area contributed by atoms with E-state index in [1.54, 1.807) is 7.05 Å². The highest BCUT2D eigenvalue weighted by Gasteiger charge is 2.05. The number of rotatable bonds is 5. The minimum absolute atomic E-state index is 0.234. The number of hydrogen-bond acceptors (Lipinski definition) is 2. The number of allylic oxidation sites excluding steroid dienone is 2. The van der Waals surface area contributed by atoms with Gasteiger partial charge in [0.1, 0.15) is 0 Å². The molecule has 0 heterocycles. The lowest BCUT2D eigenvalue weighted by Gasteiger charge is -2.16. The molecule has 12 heavy (non-hydrogen) atoms. The van der Waals surface area contributed by atoms with Crippen LogP contribution in [0.4, 0.5) is 0 Å². The van der Waals surface area contributed by atoms with Gasteiger partial charge in [-0.2, -0.15) is 0 Å². The van der Waals surface area contributed by atoms with Gasteiger partial charge in [-0.25, -0.2) is 0 Å². The molecular weight excluding hydrogens is 152 g/mol. The summed E-state index contributed by atoms with van der Waals surface area (Å²) < 4.78 is 0. The monoisotopic (exact) mass is 170 g/mol. The van der Waals surface area contributed by atoms with Crippen molar-refractivity contribution in [1.29, 1.82) is 0 Å². The van der Waals surface area contributed by atoms with Crippen molar-refractivity contribution in [3.05, 3.63) is 16.6 Å². The highest BCUT2D eigenvalue weighted by molar-refractivity contribution is 4.93. The van der Waals surface area contributed by atoms with Gasteiger partial charge in [0.05, 0.1) is 5.29 Å². The van der Waals surface area contributed by atoms with E-state index < -0.39 is 0 Å². The Morgan fingerprint density at radius 3 is 2.58 bits per heavy atom. The Balaban J connectivity index is 3.63. The van der Waals surface area contributed by atoms with Crippen LogP contribution < -0.4 is 0 Å². The third-order valence-electron chi connectivity index (χ3n) is 1.90. The van der Waals surface area contributed by atoms with Gasteiger partial charge in [0, 0.05) is 13.1 Å². The summed E-state index contributed by atoms with van der Waals surface area (Å²) in [7, 11) is 1.71. The molecule has 0 saturated carbocycles. The van der Waals surface area contributed by atoms with E-state index in [0.29, 0.717) is 0 Å². The molecule has 0 radical (unpaired) electrons. The molecule has 0 rings (SSSR count). The minimum Gasteiger partial charge on any atom is -0.261 e. The zero-order chi connectivity index (χ0) is 9.56. The van der Waals surface area contributed by atoms with Crippen LogP contribution in [0, 0.1) is 4.91 Å². The van der Waals surface area contributed by atoms with Crippen LogP contribution in [-0.4, -0.2) is 18.1 Å². The average Bonchev–Trinajstić information content (AvgIpc) is 2.02.